The molecule has 1 atom stereocenters. The Balaban J connectivity index is 1.31. The summed E-state index contributed by atoms with van der Waals surface area (Å²) in [4.78, 5) is 46.2. The average Bonchev–Trinajstić information content (AvgIpc) is 3.21. The van der Waals surface area contributed by atoms with Gasteiger partial charge in [-0.25, -0.2) is 4.79 Å². The van der Waals surface area contributed by atoms with Gasteiger partial charge in [0, 0.05) is 5.92 Å². The molecule has 1 fully saturated rings. The standard InChI is InChI=1S/C21H18N2O6/c24-18-9-17(20(26)23-18)29-19(25)10-22-21(27)28-11-16-14-7-3-1-5-12(14)13-6-2-4-8-15(13)16/h1-8,16-17H,9-11H2,(H,22,27)(H,23,24,26)/t17-/m0/s1. The van der Waals surface area contributed by atoms with E-state index in [4.69, 9.17) is 9.47 Å². The number of hydrogen-bond donors (Lipinski definition) is 2. The zero-order valence-corrected chi connectivity index (χ0v) is 15.3. The predicted octanol–water partition coefficient (Wildman–Crippen LogP) is 1.48. The molecule has 8 heteroatoms. The van der Waals surface area contributed by atoms with Crippen LogP contribution in [0.1, 0.15) is 23.5 Å². The van der Waals surface area contributed by atoms with Gasteiger partial charge < -0.3 is 14.8 Å². The molecule has 0 radical (unpaired) electrons. The summed E-state index contributed by atoms with van der Waals surface area (Å²) in [6.07, 6.45) is -2.13. The minimum atomic E-state index is -1.15. The van der Waals surface area contributed by atoms with Crippen molar-refractivity contribution in [3.8, 4) is 11.1 Å². The van der Waals surface area contributed by atoms with Gasteiger partial charge >= 0.3 is 12.1 Å². The number of hydrogen-bond acceptors (Lipinski definition) is 6. The van der Waals surface area contributed by atoms with Crippen molar-refractivity contribution in [1.29, 1.82) is 0 Å². The van der Waals surface area contributed by atoms with Gasteiger partial charge in [-0.1, -0.05) is 48.5 Å². The topological polar surface area (TPSA) is 111 Å². The predicted molar refractivity (Wildman–Crippen MR) is 101 cm³/mol. The van der Waals surface area contributed by atoms with E-state index in [1.807, 2.05) is 53.8 Å². The van der Waals surface area contributed by atoms with Gasteiger partial charge in [-0.05, 0) is 22.3 Å². The molecule has 0 aromatic heterocycles. The van der Waals surface area contributed by atoms with Crippen molar-refractivity contribution in [2.24, 2.45) is 0 Å². The molecule has 4 rings (SSSR count). The lowest BCUT2D eigenvalue weighted by Crippen LogP contribution is -2.35. The summed E-state index contributed by atoms with van der Waals surface area (Å²) in [6.45, 7) is -0.344. The van der Waals surface area contributed by atoms with E-state index in [9.17, 15) is 19.2 Å². The normalized spacial score (nSPS) is 17.3. The van der Waals surface area contributed by atoms with Gasteiger partial charge in [0.05, 0.1) is 6.42 Å². The van der Waals surface area contributed by atoms with Crippen LogP contribution < -0.4 is 10.6 Å². The lowest BCUT2D eigenvalue weighted by atomic mass is 9.98. The minimum absolute atomic E-state index is 0.0895. The number of amides is 3. The second-order valence-corrected chi connectivity index (χ2v) is 6.77. The number of fused-ring (bicyclic) bond motifs is 3. The third-order valence-corrected chi connectivity index (χ3v) is 4.92. The minimum Gasteiger partial charge on any atom is -0.450 e. The van der Waals surface area contributed by atoms with Gasteiger partial charge in [0.2, 0.25) is 5.91 Å². The molecule has 148 valence electrons. The van der Waals surface area contributed by atoms with Gasteiger partial charge in [-0.15, -0.1) is 0 Å². The molecular formula is C21H18N2O6. The summed E-state index contributed by atoms with van der Waals surface area (Å²) in [5.74, 6) is -2.08. The van der Waals surface area contributed by atoms with E-state index in [1.165, 1.54) is 0 Å². The molecule has 1 aliphatic carbocycles. The molecule has 0 saturated carbocycles. The van der Waals surface area contributed by atoms with Gasteiger partial charge in [0.15, 0.2) is 6.10 Å². The van der Waals surface area contributed by atoms with Crippen molar-refractivity contribution in [1.82, 2.24) is 10.6 Å². The Morgan fingerprint density at radius 1 is 1.00 bits per heavy atom. The molecule has 2 aromatic rings. The summed E-state index contributed by atoms with van der Waals surface area (Å²) in [5, 5.41) is 4.34. The number of imide groups is 1. The zero-order chi connectivity index (χ0) is 20.4. The van der Waals surface area contributed by atoms with Gasteiger partial charge in [0.1, 0.15) is 13.2 Å². The number of esters is 1. The Labute approximate surface area is 166 Å². The number of carbonyl (C=O) groups excluding carboxylic acids is 4. The Bertz CT molecular complexity index is 957. The fourth-order valence-electron chi connectivity index (χ4n) is 3.62. The summed E-state index contributed by atoms with van der Waals surface area (Å²) in [5.41, 5.74) is 4.39. The Kier molecular flexibility index (Phi) is 4.99. The number of ether oxygens (including phenoxy) is 2. The van der Waals surface area contributed by atoms with E-state index < -0.39 is 36.5 Å². The van der Waals surface area contributed by atoms with Crippen LogP contribution >= 0.6 is 0 Å². The molecule has 2 N–H and O–H groups in total. The fraction of sp³-hybridized carbons (Fsp3) is 0.238. The summed E-state index contributed by atoms with van der Waals surface area (Å²) >= 11 is 0. The average molecular weight is 394 g/mol. The number of carbonyl (C=O) groups is 4. The number of rotatable bonds is 5. The summed E-state index contributed by atoms with van der Waals surface area (Å²) in [7, 11) is 0. The third-order valence-electron chi connectivity index (χ3n) is 4.92. The maximum absolute atomic E-state index is 12.0. The van der Waals surface area contributed by atoms with Crippen LogP contribution in [0.25, 0.3) is 11.1 Å². The van der Waals surface area contributed by atoms with Crippen LogP contribution in [-0.2, 0) is 23.9 Å². The first-order chi connectivity index (χ1) is 14.0. The highest BCUT2D eigenvalue weighted by atomic mass is 16.6. The van der Waals surface area contributed by atoms with Crippen LogP contribution in [0.4, 0.5) is 4.79 Å². The van der Waals surface area contributed by atoms with Crippen molar-refractivity contribution in [2.45, 2.75) is 18.4 Å². The van der Waals surface area contributed by atoms with Crippen molar-refractivity contribution in [3.63, 3.8) is 0 Å². The summed E-state index contributed by atoms with van der Waals surface area (Å²) in [6, 6.07) is 15.9. The Morgan fingerprint density at radius 2 is 1.62 bits per heavy atom. The van der Waals surface area contributed by atoms with Gasteiger partial charge in [-0.2, -0.15) is 0 Å². The van der Waals surface area contributed by atoms with E-state index in [0.717, 1.165) is 22.3 Å². The monoisotopic (exact) mass is 394 g/mol. The van der Waals surface area contributed by atoms with Crippen LogP contribution in [0, 0.1) is 0 Å². The van der Waals surface area contributed by atoms with E-state index in [1.54, 1.807) is 0 Å². The van der Waals surface area contributed by atoms with E-state index >= 15 is 0 Å². The molecule has 2 aromatic carbocycles. The van der Waals surface area contributed by atoms with E-state index in [2.05, 4.69) is 5.32 Å². The van der Waals surface area contributed by atoms with E-state index in [-0.39, 0.29) is 18.9 Å². The molecule has 1 heterocycles. The van der Waals surface area contributed by atoms with Crippen LogP contribution in [0.2, 0.25) is 0 Å². The molecule has 0 unspecified atom stereocenters. The molecule has 0 bridgehead atoms. The molecule has 0 spiro atoms. The quantitative estimate of drug-likeness (QED) is 0.587. The highest BCUT2D eigenvalue weighted by Crippen LogP contribution is 2.44. The molecule has 1 saturated heterocycles. The second-order valence-electron chi connectivity index (χ2n) is 6.77. The molecule has 1 aliphatic heterocycles. The van der Waals surface area contributed by atoms with Crippen LogP contribution in [0.3, 0.4) is 0 Å². The highest BCUT2D eigenvalue weighted by molar-refractivity contribution is 6.05. The van der Waals surface area contributed by atoms with E-state index in [0.29, 0.717) is 0 Å². The van der Waals surface area contributed by atoms with Gasteiger partial charge in [-0.3, -0.25) is 19.7 Å². The first-order valence-corrected chi connectivity index (χ1v) is 9.15. The molecule has 2 aliphatic rings. The number of nitrogens with one attached hydrogen (secondary N) is 2. The van der Waals surface area contributed by atoms with Gasteiger partial charge in [0.25, 0.3) is 5.91 Å². The van der Waals surface area contributed by atoms with Crippen LogP contribution in [0.5, 0.6) is 0 Å². The van der Waals surface area contributed by atoms with Crippen LogP contribution in [-0.4, -0.2) is 43.1 Å². The van der Waals surface area contributed by atoms with Crippen molar-refractivity contribution in [3.05, 3.63) is 59.7 Å². The summed E-state index contributed by atoms with van der Waals surface area (Å²) < 4.78 is 10.2. The van der Waals surface area contributed by atoms with Crippen LogP contribution in [0.15, 0.2) is 48.5 Å². The molecule has 29 heavy (non-hydrogen) atoms. The van der Waals surface area contributed by atoms with Crippen molar-refractivity contribution < 1.29 is 28.7 Å². The maximum atomic E-state index is 12.0. The molecule has 8 nitrogen and oxygen atoms in total. The maximum Gasteiger partial charge on any atom is 0.407 e. The number of benzene rings is 2. The Morgan fingerprint density at radius 3 is 2.21 bits per heavy atom. The second kappa shape index (κ2) is 7.75. The first kappa shape index (κ1) is 18.7. The molecular weight excluding hydrogens is 376 g/mol. The smallest absolute Gasteiger partial charge is 0.407 e. The zero-order valence-electron chi connectivity index (χ0n) is 15.3. The van der Waals surface area contributed by atoms with Crippen molar-refractivity contribution >= 4 is 23.9 Å². The third kappa shape index (κ3) is 3.82. The molecule has 3 amide bonds. The Hall–Kier alpha value is -3.68. The lowest BCUT2D eigenvalue weighted by molar-refractivity contribution is -0.152. The first-order valence-electron chi connectivity index (χ1n) is 9.15. The van der Waals surface area contributed by atoms with Crippen molar-refractivity contribution in [2.75, 3.05) is 13.2 Å². The SMILES string of the molecule is O=C1C[C@H](OC(=O)CNC(=O)OCC2c3ccccc3-c3ccccc32)C(=O)N1. The fourth-order valence-corrected chi connectivity index (χ4v) is 3.62. The lowest BCUT2D eigenvalue weighted by Gasteiger charge is -2.14. The number of alkyl carbamates (subject to hydrolysis) is 1. The largest absolute Gasteiger partial charge is 0.450 e. The highest BCUT2D eigenvalue weighted by Gasteiger charge is 2.34.